The highest BCUT2D eigenvalue weighted by molar-refractivity contribution is 5.86. The average molecular weight is 445 g/mol. The van der Waals surface area contributed by atoms with Crippen LogP contribution in [0.15, 0.2) is 30.4 Å². The van der Waals surface area contributed by atoms with Crippen molar-refractivity contribution in [3.05, 3.63) is 53.4 Å². The molecule has 4 unspecified atom stereocenters. The first-order valence-corrected chi connectivity index (χ1v) is 12.4. The largest absolute Gasteiger partial charge is 0.486 e. The summed E-state index contributed by atoms with van der Waals surface area (Å²) in [5.41, 5.74) is 0.420. The smallest absolute Gasteiger partial charge is 0.175 e. The molecule has 0 saturated heterocycles. The zero-order valence-corrected chi connectivity index (χ0v) is 19.3. The predicted octanol–water partition coefficient (Wildman–Crippen LogP) is 8.70. The molecule has 0 spiro atoms. The van der Waals surface area contributed by atoms with Gasteiger partial charge in [0.15, 0.2) is 23.2 Å². The van der Waals surface area contributed by atoms with Gasteiger partial charge in [-0.3, -0.25) is 0 Å². The molecule has 2 aliphatic rings. The second kappa shape index (κ2) is 10.3. The maximum atomic E-state index is 15.2. The molecule has 0 radical (unpaired) electrons. The van der Waals surface area contributed by atoms with E-state index < -0.39 is 17.5 Å². The monoisotopic (exact) mass is 444 g/mol. The maximum Gasteiger partial charge on any atom is 0.175 e. The summed E-state index contributed by atoms with van der Waals surface area (Å²) < 4.78 is 50.5. The first-order valence-electron chi connectivity index (χ1n) is 12.4. The number of benzene rings is 2. The van der Waals surface area contributed by atoms with Crippen molar-refractivity contribution >= 4 is 10.8 Å². The number of allylic oxidation sites excluding steroid dienone is 1. The summed E-state index contributed by atoms with van der Waals surface area (Å²) in [7, 11) is 0. The van der Waals surface area contributed by atoms with E-state index >= 15 is 8.78 Å². The van der Waals surface area contributed by atoms with Gasteiger partial charge in [0.1, 0.15) is 6.61 Å². The van der Waals surface area contributed by atoms with E-state index in [9.17, 15) is 4.39 Å². The van der Waals surface area contributed by atoms with Crippen molar-refractivity contribution in [3.8, 4) is 5.75 Å². The van der Waals surface area contributed by atoms with Crippen LogP contribution in [0.3, 0.4) is 0 Å². The number of ether oxygens (including phenoxy) is 1. The lowest BCUT2D eigenvalue weighted by molar-refractivity contribution is 0.112. The molecule has 2 aromatic carbocycles. The topological polar surface area (TPSA) is 9.23 Å². The first kappa shape index (κ1) is 23.2. The van der Waals surface area contributed by atoms with Gasteiger partial charge in [0.25, 0.3) is 0 Å². The van der Waals surface area contributed by atoms with Crippen molar-refractivity contribution < 1.29 is 17.9 Å². The Bertz CT molecular complexity index is 967. The number of hydrogen-bond acceptors (Lipinski definition) is 1. The highest BCUT2D eigenvalue weighted by Crippen LogP contribution is 2.49. The van der Waals surface area contributed by atoms with E-state index in [1.54, 1.807) is 24.3 Å². The number of rotatable bonds is 7. The number of fused-ring (bicyclic) bond motifs is 2. The molecule has 0 aromatic heterocycles. The summed E-state index contributed by atoms with van der Waals surface area (Å²) in [6, 6.07) is 4.82. The van der Waals surface area contributed by atoms with Crippen molar-refractivity contribution in [2.75, 3.05) is 6.61 Å². The Balaban J connectivity index is 1.54. The van der Waals surface area contributed by atoms with Crippen molar-refractivity contribution in [3.63, 3.8) is 0 Å². The molecule has 4 heteroatoms. The van der Waals surface area contributed by atoms with E-state index in [0.717, 1.165) is 31.1 Å². The van der Waals surface area contributed by atoms with Crippen LogP contribution in [0.5, 0.6) is 5.75 Å². The van der Waals surface area contributed by atoms with Crippen molar-refractivity contribution in [1.82, 2.24) is 0 Å². The summed E-state index contributed by atoms with van der Waals surface area (Å²) in [6.45, 7) is 4.27. The quantitative estimate of drug-likeness (QED) is 0.388. The number of unbranched alkanes of at least 4 members (excludes halogenated alkanes) is 1. The van der Waals surface area contributed by atoms with E-state index in [4.69, 9.17) is 4.74 Å². The molecule has 4 rings (SSSR count). The minimum Gasteiger partial charge on any atom is -0.486 e. The molecular formula is C28H35F3O. The summed E-state index contributed by atoms with van der Waals surface area (Å²) in [5, 5.41) is 0.0922. The van der Waals surface area contributed by atoms with Crippen molar-refractivity contribution in [1.29, 1.82) is 0 Å². The maximum absolute atomic E-state index is 15.2. The fraction of sp³-hybridized carbons (Fsp3) is 0.571. The van der Waals surface area contributed by atoms with E-state index in [0.29, 0.717) is 16.9 Å². The molecule has 174 valence electrons. The molecule has 32 heavy (non-hydrogen) atoms. The zero-order chi connectivity index (χ0) is 22.7. The van der Waals surface area contributed by atoms with Gasteiger partial charge in [-0.2, -0.15) is 0 Å². The van der Waals surface area contributed by atoms with Crippen LogP contribution in [0.4, 0.5) is 13.2 Å². The molecular weight excluding hydrogens is 409 g/mol. The molecule has 1 nitrogen and oxygen atoms in total. The van der Waals surface area contributed by atoms with Gasteiger partial charge < -0.3 is 4.74 Å². The Hall–Kier alpha value is -1.97. The van der Waals surface area contributed by atoms with Crippen LogP contribution in [-0.4, -0.2) is 6.61 Å². The van der Waals surface area contributed by atoms with Gasteiger partial charge in [0.05, 0.1) is 5.39 Å². The summed E-state index contributed by atoms with van der Waals surface area (Å²) in [6.07, 6.45) is 14.1. The Labute approximate surface area is 190 Å². The lowest BCUT2D eigenvalue weighted by atomic mass is 9.63. The Morgan fingerprint density at radius 3 is 2.53 bits per heavy atom. The van der Waals surface area contributed by atoms with Crippen molar-refractivity contribution in [2.24, 2.45) is 17.8 Å². The normalized spacial score (nSPS) is 25.9. The van der Waals surface area contributed by atoms with Gasteiger partial charge in [0.2, 0.25) is 0 Å². The van der Waals surface area contributed by atoms with E-state index in [2.05, 4.69) is 6.92 Å². The van der Waals surface area contributed by atoms with Crippen LogP contribution in [0.25, 0.3) is 10.8 Å². The Morgan fingerprint density at radius 1 is 0.969 bits per heavy atom. The van der Waals surface area contributed by atoms with Crippen LogP contribution in [0, 0.1) is 35.2 Å². The lowest BCUT2D eigenvalue weighted by Gasteiger charge is -2.42. The van der Waals surface area contributed by atoms with Gasteiger partial charge >= 0.3 is 0 Å². The van der Waals surface area contributed by atoms with Gasteiger partial charge in [0, 0.05) is 0 Å². The molecule has 2 aromatic rings. The molecule has 0 aliphatic heterocycles. The summed E-state index contributed by atoms with van der Waals surface area (Å²) in [5.74, 6) is -0.677. The molecule has 2 saturated carbocycles. The predicted molar refractivity (Wildman–Crippen MR) is 125 cm³/mol. The van der Waals surface area contributed by atoms with Crippen LogP contribution in [0.1, 0.15) is 83.1 Å². The molecule has 0 bridgehead atoms. The van der Waals surface area contributed by atoms with E-state index in [-0.39, 0.29) is 23.7 Å². The van der Waals surface area contributed by atoms with Crippen LogP contribution >= 0.6 is 0 Å². The summed E-state index contributed by atoms with van der Waals surface area (Å²) in [4.78, 5) is 0. The highest BCUT2D eigenvalue weighted by atomic mass is 19.2. The number of halogens is 3. The average Bonchev–Trinajstić information content (AvgIpc) is 2.81. The first-order chi connectivity index (χ1) is 15.5. The molecule has 2 aliphatic carbocycles. The molecule has 4 atom stereocenters. The Morgan fingerprint density at radius 2 is 1.75 bits per heavy atom. The lowest BCUT2D eigenvalue weighted by Crippen LogP contribution is -2.30. The van der Waals surface area contributed by atoms with E-state index in [1.807, 2.05) is 6.92 Å². The van der Waals surface area contributed by atoms with Gasteiger partial charge in [-0.1, -0.05) is 50.8 Å². The van der Waals surface area contributed by atoms with Crippen LogP contribution in [0.2, 0.25) is 0 Å². The second-order valence-electron chi connectivity index (χ2n) is 9.80. The van der Waals surface area contributed by atoms with Crippen LogP contribution in [-0.2, 0) is 0 Å². The van der Waals surface area contributed by atoms with Gasteiger partial charge in [-0.05, 0) is 85.8 Å². The second-order valence-corrected chi connectivity index (χ2v) is 9.80. The fourth-order valence-electron chi connectivity index (χ4n) is 6.05. The van der Waals surface area contributed by atoms with Crippen LogP contribution < -0.4 is 4.74 Å². The zero-order valence-electron chi connectivity index (χ0n) is 19.3. The molecule has 0 N–H and O–H groups in total. The van der Waals surface area contributed by atoms with Gasteiger partial charge in [-0.15, -0.1) is 0 Å². The van der Waals surface area contributed by atoms with E-state index in [1.165, 1.54) is 44.6 Å². The third kappa shape index (κ3) is 4.70. The summed E-state index contributed by atoms with van der Waals surface area (Å²) >= 11 is 0. The fourth-order valence-corrected chi connectivity index (χ4v) is 6.05. The Kier molecular flexibility index (Phi) is 7.48. The third-order valence-electron chi connectivity index (χ3n) is 7.81. The molecule has 0 amide bonds. The highest BCUT2D eigenvalue weighted by Gasteiger charge is 2.37. The standard InChI is InChI=1S/C28H35F3O/c1-3-5-7-18-8-9-20-16-21(11-10-19(20)15-18)23-17-22-12-13-24(32-14-6-4-2)27(30)25(22)28(31)26(23)29/h4,6,12-13,17-21H,3,5,7-11,14-16H2,1-2H3/b6-4+. The minimum atomic E-state index is -1.09. The number of hydrogen-bond donors (Lipinski definition) is 0. The minimum absolute atomic E-state index is 0.0102. The molecule has 2 fully saturated rings. The third-order valence-corrected chi connectivity index (χ3v) is 7.81. The van der Waals surface area contributed by atoms with Gasteiger partial charge in [-0.25, -0.2) is 13.2 Å². The SMILES string of the molecule is C/C=C/COc1ccc2cc(C3CCC4CC(CCCC)CCC4C3)c(F)c(F)c2c1F. The molecule has 0 heterocycles. The van der Waals surface area contributed by atoms with Crippen molar-refractivity contribution in [2.45, 2.75) is 77.6 Å².